The molecular formula is C16H25F2NO. The Labute approximate surface area is 120 Å². The Balaban J connectivity index is 0.000000956. The highest BCUT2D eigenvalue weighted by atomic mass is 19.3. The zero-order chi connectivity index (χ0) is 15.0. The van der Waals surface area contributed by atoms with E-state index in [0.717, 1.165) is 31.1 Å². The van der Waals surface area contributed by atoms with Gasteiger partial charge >= 0.3 is 6.61 Å². The van der Waals surface area contributed by atoms with Crippen LogP contribution in [0.2, 0.25) is 0 Å². The van der Waals surface area contributed by atoms with Gasteiger partial charge in [0.2, 0.25) is 0 Å². The van der Waals surface area contributed by atoms with Gasteiger partial charge in [0.15, 0.2) is 0 Å². The van der Waals surface area contributed by atoms with Crippen LogP contribution in [0.15, 0.2) is 24.3 Å². The molecule has 0 N–H and O–H groups in total. The average molecular weight is 285 g/mol. The number of likely N-dealkylation sites (tertiary alicyclic amines) is 1. The molecule has 0 bridgehead atoms. The summed E-state index contributed by atoms with van der Waals surface area (Å²) in [5.74, 6) is 0.965. The van der Waals surface area contributed by atoms with E-state index in [4.69, 9.17) is 0 Å². The summed E-state index contributed by atoms with van der Waals surface area (Å²) in [6, 6.07) is 6.98. The van der Waals surface area contributed by atoms with E-state index in [2.05, 4.69) is 16.6 Å². The number of ether oxygens (including phenoxy) is 1. The second kappa shape index (κ2) is 8.90. The maximum absolute atomic E-state index is 12.1. The highest BCUT2D eigenvalue weighted by molar-refractivity contribution is 5.28. The van der Waals surface area contributed by atoms with Gasteiger partial charge in [-0.3, -0.25) is 4.90 Å². The van der Waals surface area contributed by atoms with E-state index in [1.54, 1.807) is 18.2 Å². The molecule has 1 unspecified atom stereocenters. The smallest absolute Gasteiger partial charge is 0.387 e. The summed E-state index contributed by atoms with van der Waals surface area (Å²) in [4.78, 5) is 2.37. The fourth-order valence-corrected chi connectivity index (χ4v) is 2.51. The Morgan fingerprint density at radius 2 is 2.10 bits per heavy atom. The molecular weight excluding hydrogens is 260 g/mol. The van der Waals surface area contributed by atoms with Crippen molar-refractivity contribution in [3.63, 3.8) is 0 Å². The van der Waals surface area contributed by atoms with E-state index in [1.165, 1.54) is 12.8 Å². The van der Waals surface area contributed by atoms with Crippen molar-refractivity contribution >= 4 is 0 Å². The number of halogens is 2. The molecule has 4 heteroatoms. The number of nitrogens with zero attached hydrogens (tertiary/aromatic N) is 1. The van der Waals surface area contributed by atoms with Crippen molar-refractivity contribution in [2.24, 2.45) is 5.92 Å². The molecule has 1 heterocycles. The summed E-state index contributed by atoms with van der Waals surface area (Å²) < 4.78 is 28.7. The lowest BCUT2D eigenvalue weighted by molar-refractivity contribution is -0.0499. The van der Waals surface area contributed by atoms with Gasteiger partial charge in [-0.25, -0.2) is 0 Å². The minimum atomic E-state index is -2.75. The summed E-state index contributed by atoms with van der Waals surface area (Å²) in [6.45, 7) is 6.48. The van der Waals surface area contributed by atoms with Crippen LogP contribution in [0.5, 0.6) is 5.75 Å². The van der Waals surface area contributed by atoms with Crippen LogP contribution in [0.4, 0.5) is 8.78 Å². The Bertz CT molecular complexity index is 384. The highest BCUT2D eigenvalue weighted by Crippen LogP contribution is 2.20. The predicted octanol–water partition coefficient (Wildman–Crippen LogP) is 4.55. The second-order valence-electron chi connectivity index (χ2n) is 5.01. The minimum absolute atomic E-state index is 0.243. The zero-order valence-corrected chi connectivity index (χ0v) is 12.6. The molecule has 20 heavy (non-hydrogen) atoms. The first-order valence-corrected chi connectivity index (χ1v) is 7.39. The molecule has 0 radical (unpaired) electrons. The first-order chi connectivity index (χ1) is 9.63. The molecule has 1 aromatic rings. The molecule has 1 aromatic carbocycles. The minimum Gasteiger partial charge on any atom is -0.435 e. The van der Waals surface area contributed by atoms with E-state index in [1.807, 2.05) is 19.9 Å². The van der Waals surface area contributed by atoms with Crippen molar-refractivity contribution in [1.82, 2.24) is 4.90 Å². The van der Waals surface area contributed by atoms with Gasteiger partial charge in [-0.05, 0) is 43.0 Å². The summed E-state index contributed by atoms with van der Waals surface area (Å²) in [6.07, 6.45) is 2.50. The van der Waals surface area contributed by atoms with Gasteiger partial charge in [0.25, 0.3) is 0 Å². The summed E-state index contributed by atoms with van der Waals surface area (Å²) in [5.41, 5.74) is 1.03. The van der Waals surface area contributed by atoms with Crippen LogP contribution in [-0.4, -0.2) is 24.6 Å². The first kappa shape index (κ1) is 16.9. The molecule has 1 saturated heterocycles. The standard InChI is InChI=1S/C14H19F2NO.C2H6/c1-11-4-3-7-17(9-11)10-12-5-2-6-13(8-12)18-14(15)16;1-2/h2,5-6,8,11,14H,3-4,7,9-10H2,1H3;1-2H3. The van der Waals surface area contributed by atoms with E-state index >= 15 is 0 Å². The fraction of sp³-hybridized carbons (Fsp3) is 0.625. The van der Waals surface area contributed by atoms with Gasteiger partial charge < -0.3 is 4.74 Å². The molecule has 0 spiro atoms. The van der Waals surface area contributed by atoms with Gasteiger partial charge in [-0.2, -0.15) is 8.78 Å². The van der Waals surface area contributed by atoms with Crippen molar-refractivity contribution in [2.45, 2.75) is 46.8 Å². The molecule has 1 fully saturated rings. The monoisotopic (exact) mass is 285 g/mol. The third kappa shape index (κ3) is 5.87. The maximum Gasteiger partial charge on any atom is 0.387 e. The molecule has 2 nitrogen and oxygen atoms in total. The van der Waals surface area contributed by atoms with E-state index in [-0.39, 0.29) is 5.75 Å². The lowest BCUT2D eigenvalue weighted by Gasteiger charge is -2.30. The van der Waals surface area contributed by atoms with Crippen LogP contribution < -0.4 is 4.74 Å². The topological polar surface area (TPSA) is 12.5 Å². The molecule has 1 aliphatic rings. The largest absolute Gasteiger partial charge is 0.435 e. The summed E-state index contributed by atoms with van der Waals surface area (Å²) >= 11 is 0. The van der Waals surface area contributed by atoms with Gasteiger partial charge in [-0.1, -0.05) is 32.9 Å². The third-order valence-corrected chi connectivity index (χ3v) is 3.27. The lowest BCUT2D eigenvalue weighted by atomic mass is 10.00. The van der Waals surface area contributed by atoms with Gasteiger partial charge in [0.1, 0.15) is 5.75 Å². The molecule has 0 aliphatic carbocycles. The van der Waals surface area contributed by atoms with Crippen LogP contribution >= 0.6 is 0 Å². The van der Waals surface area contributed by atoms with Crippen LogP contribution in [0.25, 0.3) is 0 Å². The van der Waals surface area contributed by atoms with Crippen LogP contribution in [-0.2, 0) is 6.54 Å². The Morgan fingerprint density at radius 3 is 2.75 bits per heavy atom. The average Bonchev–Trinajstić information content (AvgIpc) is 2.40. The quantitative estimate of drug-likeness (QED) is 0.805. The molecule has 2 rings (SSSR count). The Morgan fingerprint density at radius 1 is 1.35 bits per heavy atom. The normalized spacial score (nSPS) is 19.4. The van der Waals surface area contributed by atoms with E-state index < -0.39 is 6.61 Å². The Hall–Kier alpha value is -1.16. The van der Waals surface area contributed by atoms with Crippen molar-refractivity contribution in [2.75, 3.05) is 13.1 Å². The number of hydrogen-bond acceptors (Lipinski definition) is 2. The number of benzene rings is 1. The van der Waals surface area contributed by atoms with Gasteiger partial charge in [0, 0.05) is 13.1 Å². The third-order valence-electron chi connectivity index (χ3n) is 3.27. The predicted molar refractivity (Wildman–Crippen MR) is 78.1 cm³/mol. The SMILES string of the molecule is CC.CC1CCCN(Cc2cccc(OC(F)F)c2)C1. The number of piperidine rings is 1. The number of rotatable bonds is 4. The highest BCUT2D eigenvalue weighted by Gasteiger charge is 2.16. The van der Waals surface area contributed by atoms with Crippen LogP contribution in [0.1, 0.15) is 39.2 Å². The van der Waals surface area contributed by atoms with E-state index in [0.29, 0.717) is 0 Å². The molecule has 1 aliphatic heterocycles. The van der Waals surface area contributed by atoms with Crippen LogP contribution in [0, 0.1) is 5.92 Å². The van der Waals surface area contributed by atoms with Crippen molar-refractivity contribution in [1.29, 1.82) is 0 Å². The summed E-state index contributed by atoms with van der Waals surface area (Å²) in [7, 11) is 0. The zero-order valence-electron chi connectivity index (χ0n) is 12.6. The second-order valence-corrected chi connectivity index (χ2v) is 5.01. The maximum atomic E-state index is 12.1. The van der Waals surface area contributed by atoms with Crippen molar-refractivity contribution in [3.8, 4) is 5.75 Å². The van der Waals surface area contributed by atoms with Gasteiger partial charge in [-0.15, -0.1) is 0 Å². The molecule has 1 atom stereocenters. The molecule has 0 aromatic heterocycles. The molecule has 0 saturated carbocycles. The van der Waals surface area contributed by atoms with E-state index in [9.17, 15) is 8.78 Å². The lowest BCUT2D eigenvalue weighted by Crippen LogP contribution is -2.33. The molecule has 114 valence electrons. The first-order valence-electron chi connectivity index (χ1n) is 7.39. The molecule has 0 amide bonds. The summed E-state index contributed by atoms with van der Waals surface area (Å²) in [5, 5.41) is 0. The van der Waals surface area contributed by atoms with Crippen molar-refractivity contribution < 1.29 is 13.5 Å². The van der Waals surface area contributed by atoms with Gasteiger partial charge in [0.05, 0.1) is 0 Å². The van der Waals surface area contributed by atoms with Crippen molar-refractivity contribution in [3.05, 3.63) is 29.8 Å². The fourth-order valence-electron chi connectivity index (χ4n) is 2.51. The number of alkyl halides is 2. The number of hydrogen-bond donors (Lipinski definition) is 0. The van der Waals surface area contributed by atoms with Crippen LogP contribution in [0.3, 0.4) is 0 Å². The Kier molecular flexibility index (Phi) is 7.52.